The van der Waals surface area contributed by atoms with Crippen LogP contribution in [0.2, 0.25) is 0 Å². The van der Waals surface area contributed by atoms with E-state index in [-0.39, 0.29) is 0 Å². The molecule has 0 radical (unpaired) electrons. The monoisotopic (exact) mass is 225 g/mol. The van der Waals surface area contributed by atoms with E-state index in [1.165, 1.54) is 24.3 Å². The van der Waals surface area contributed by atoms with Crippen LogP contribution in [-0.4, -0.2) is 26.3 Å². The summed E-state index contributed by atoms with van der Waals surface area (Å²) in [5, 5.41) is 5.54. The zero-order valence-electron chi connectivity index (χ0n) is 9.08. The first-order valence-electron chi connectivity index (χ1n) is 5.76. The van der Waals surface area contributed by atoms with Crippen molar-refractivity contribution in [2.45, 2.75) is 19.3 Å². The van der Waals surface area contributed by atoms with Gasteiger partial charge >= 0.3 is 0 Å². The van der Waals surface area contributed by atoms with Gasteiger partial charge in [0.25, 0.3) is 0 Å². The molecule has 3 heteroatoms. The molecule has 0 saturated carbocycles. The highest BCUT2D eigenvalue weighted by atomic mass is 32.1. The molecule has 1 unspecified atom stereocenters. The molecule has 15 heavy (non-hydrogen) atoms. The number of nitrogens with one attached hydrogen (secondary N) is 1. The van der Waals surface area contributed by atoms with E-state index < -0.39 is 0 Å². The second-order valence-corrected chi connectivity index (χ2v) is 5.15. The van der Waals surface area contributed by atoms with Crippen molar-refractivity contribution < 1.29 is 4.74 Å². The van der Waals surface area contributed by atoms with Crippen molar-refractivity contribution in [2.24, 2.45) is 5.92 Å². The molecule has 0 spiro atoms. The Morgan fingerprint density at radius 3 is 3.27 bits per heavy atom. The summed E-state index contributed by atoms with van der Waals surface area (Å²) in [5.74, 6) is 0.738. The highest BCUT2D eigenvalue weighted by Gasteiger charge is 2.12. The number of ether oxygens (including phenoxy) is 1. The fourth-order valence-corrected chi connectivity index (χ4v) is 2.63. The van der Waals surface area contributed by atoms with Gasteiger partial charge in [0.2, 0.25) is 0 Å². The number of hydrogen-bond acceptors (Lipinski definition) is 3. The molecule has 2 heterocycles. The van der Waals surface area contributed by atoms with Gasteiger partial charge in [0.1, 0.15) is 0 Å². The minimum Gasteiger partial charge on any atom is -0.381 e. The second kappa shape index (κ2) is 6.26. The molecule has 1 fully saturated rings. The molecular weight excluding hydrogens is 206 g/mol. The van der Waals surface area contributed by atoms with Crippen LogP contribution in [-0.2, 0) is 11.2 Å². The van der Waals surface area contributed by atoms with Crippen LogP contribution in [0.25, 0.3) is 0 Å². The summed E-state index contributed by atoms with van der Waals surface area (Å²) in [5.41, 5.74) is 0. The van der Waals surface area contributed by atoms with Crippen LogP contribution in [0, 0.1) is 5.92 Å². The molecule has 0 amide bonds. The van der Waals surface area contributed by atoms with Gasteiger partial charge in [-0.25, -0.2) is 0 Å². The van der Waals surface area contributed by atoms with Crippen LogP contribution in [0.4, 0.5) is 0 Å². The molecule has 2 rings (SSSR count). The Labute approximate surface area is 95.6 Å². The minimum atomic E-state index is 0.738. The quantitative estimate of drug-likeness (QED) is 0.776. The smallest absolute Gasteiger partial charge is 0.0514 e. The van der Waals surface area contributed by atoms with Crippen molar-refractivity contribution in [1.82, 2.24) is 5.32 Å². The van der Waals surface area contributed by atoms with Gasteiger partial charge in [0.15, 0.2) is 0 Å². The molecule has 2 nitrogen and oxygen atoms in total. The second-order valence-electron chi connectivity index (χ2n) is 4.12. The first kappa shape index (κ1) is 11.1. The van der Waals surface area contributed by atoms with Gasteiger partial charge in [0.05, 0.1) is 13.2 Å². The van der Waals surface area contributed by atoms with Crippen LogP contribution >= 0.6 is 11.3 Å². The molecule has 1 saturated heterocycles. The average molecular weight is 225 g/mol. The van der Waals surface area contributed by atoms with Crippen LogP contribution in [0.15, 0.2) is 17.5 Å². The van der Waals surface area contributed by atoms with E-state index in [0.717, 1.165) is 32.1 Å². The standard InChI is InChI=1S/C12H19NOS/c1-3-11(9-13-6-1)10-14-7-5-12-4-2-8-15-12/h2,4,8,11,13H,1,3,5-7,9-10H2. The number of piperidine rings is 1. The van der Waals surface area contributed by atoms with Crippen molar-refractivity contribution in [1.29, 1.82) is 0 Å². The van der Waals surface area contributed by atoms with Gasteiger partial charge in [-0.15, -0.1) is 11.3 Å². The molecule has 0 aromatic carbocycles. The number of thiophene rings is 1. The van der Waals surface area contributed by atoms with E-state index >= 15 is 0 Å². The third kappa shape index (κ3) is 3.93. The van der Waals surface area contributed by atoms with Gasteiger partial charge in [-0.1, -0.05) is 6.07 Å². The van der Waals surface area contributed by atoms with E-state index in [2.05, 4.69) is 22.8 Å². The summed E-state index contributed by atoms with van der Waals surface area (Å²) in [4.78, 5) is 1.43. The Hall–Kier alpha value is -0.380. The lowest BCUT2D eigenvalue weighted by molar-refractivity contribution is 0.0925. The lowest BCUT2D eigenvalue weighted by atomic mass is 10.0. The lowest BCUT2D eigenvalue weighted by Crippen LogP contribution is -2.32. The highest BCUT2D eigenvalue weighted by Crippen LogP contribution is 2.12. The molecule has 0 bridgehead atoms. The summed E-state index contributed by atoms with van der Waals surface area (Å²) < 4.78 is 5.71. The van der Waals surface area contributed by atoms with Crippen molar-refractivity contribution >= 4 is 11.3 Å². The zero-order valence-corrected chi connectivity index (χ0v) is 9.89. The minimum absolute atomic E-state index is 0.738. The summed E-state index contributed by atoms with van der Waals surface area (Å²) in [7, 11) is 0. The topological polar surface area (TPSA) is 21.3 Å². The van der Waals surface area contributed by atoms with Crippen molar-refractivity contribution in [3.05, 3.63) is 22.4 Å². The number of hydrogen-bond donors (Lipinski definition) is 1. The first-order chi connectivity index (χ1) is 7.45. The maximum Gasteiger partial charge on any atom is 0.0514 e. The van der Waals surface area contributed by atoms with Crippen LogP contribution < -0.4 is 5.32 Å². The van der Waals surface area contributed by atoms with E-state index in [0.29, 0.717) is 0 Å². The Bertz CT molecular complexity index is 255. The van der Waals surface area contributed by atoms with Gasteiger partial charge in [-0.2, -0.15) is 0 Å². The summed E-state index contributed by atoms with van der Waals surface area (Å²) >= 11 is 1.82. The molecular formula is C12H19NOS. The van der Waals surface area contributed by atoms with Gasteiger partial charge < -0.3 is 10.1 Å². The predicted octanol–water partition coefficient (Wildman–Crippen LogP) is 2.31. The normalized spacial score (nSPS) is 21.7. The molecule has 1 aliphatic heterocycles. The van der Waals surface area contributed by atoms with Gasteiger partial charge in [-0.3, -0.25) is 0 Å². The third-order valence-corrected chi connectivity index (χ3v) is 3.76. The van der Waals surface area contributed by atoms with Crippen molar-refractivity contribution in [3.63, 3.8) is 0 Å². The van der Waals surface area contributed by atoms with Crippen LogP contribution in [0.1, 0.15) is 17.7 Å². The third-order valence-electron chi connectivity index (χ3n) is 2.83. The molecule has 84 valence electrons. The maximum absolute atomic E-state index is 5.71. The first-order valence-corrected chi connectivity index (χ1v) is 6.64. The Morgan fingerprint density at radius 1 is 1.53 bits per heavy atom. The van der Waals surface area contributed by atoms with E-state index in [1.54, 1.807) is 0 Å². The zero-order chi connectivity index (χ0) is 10.3. The Balaban J connectivity index is 1.54. The molecule has 1 aromatic rings. The van der Waals surface area contributed by atoms with Crippen LogP contribution in [0.3, 0.4) is 0 Å². The van der Waals surface area contributed by atoms with E-state index in [9.17, 15) is 0 Å². The van der Waals surface area contributed by atoms with E-state index in [1.807, 2.05) is 11.3 Å². The average Bonchev–Trinajstić information content (AvgIpc) is 2.79. The Morgan fingerprint density at radius 2 is 2.53 bits per heavy atom. The molecule has 1 atom stereocenters. The molecule has 1 aliphatic rings. The SMILES string of the molecule is c1csc(CCOCC2CCCNC2)c1. The molecule has 0 aliphatic carbocycles. The Kier molecular flexibility index (Phi) is 4.64. The fraction of sp³-hybridized carbons (Fsp3) is 0.667. The van der Waals surface area contributed by atoms with Gasteiger partial charge in [-0.05, 0) is 36.8 Å². The summed E-state index contributed by atoms with van der Waals surface area (Å²) in [6, 6.07) is 4.28. The largest absolute Gasteiger partial charge is 0.381 e. The van der Waals surface area contributed by atoms with Gasteiger partial charge in [0, 0.05) is 17.8 Å². The predicted molar refractivity (Wildman–Crippen MR) is 64.4 cm³/mol. The highest BCUT2D eigenvalue weighted by molar-refractivity contribution is 7.09. The maximum atomic E-state index is 5.71. The molecule has 1 aromatic heterocycles. The lowest BCUT2D eigenvalue weighted by Gasteiger charge is -2.22. The number of rotatable bonds is 5. The fourth-order valence-electron chi connectivity index (χ4n) is 1.94. The summed E-state index contributed by atoms with van der Waals surface area (Å²) in [6.45, 7) is 4.13. The van der Waals surface area contributed by atoms with E-state index in [4.69, 9.17) is 4.74 Å². The summed E-state index contributed by atoms with van der Waals surface area (Å²) in [6.07, 6.45) is 3.70. The van der Waals surface area contributed by atoms with Crippen molar-refractivity contribution in [2.75, 3.05) is 26.3 Å². The van der Waals surface area contributed by atoms with Crippen LogP contribution in [0.5, 0.6) is 0 Å². The van der Waals surface area contributed by atoms with Crippen molar-refractivity contribution in [3.8, 4) is 0 Å². The molecule has 1 N–H and O–H groups in total.